The standard InChI is InChI=1S/C12H18N4O5S/c1-13-6-7-14-12(17)9-15(2)22(20,21)11-5-3-4-10(8-11)16(18)19/h3-5,8,13H,6-7,9H2,1-2H3,(H,14,17). The maximum absolute atomic E-state index is 12.3. The molecule has 0 bridgehead atoms. The molecule has 0 fully saturated rings. The summed E-state index contributed by atoms with van der Waals surface area (Å²) in [6.07, 6.45) is 0. The Labute approximate surface area is 128 Å². The van der Waals surface area contributed by atoms with Gasteiger partial charge in [0.05, 0.1) is 16.4 Å². The molecule has 1 amide bonds. The predicted octanol–water partition coefficient (Wildman–Crippen LogP) is -0.449. The molecule has 9 nitrogen and oxygen atoms in total. The summed E-state index contributed by atoms with van der Waals surface area (Å²) < 4.78 is 25.4. The third-order valence-electron chi connectivity index (χ3n) is 2.80. The number of hydrogen-bond donors (Lipinski definition) is 2. The number of carbonyl (C=O) groups is 1. The first-order chi connectivity index (χ1) is 10.3. The zero-order valence-corrected chi connectivity index (χ0v) is 13.1. The van der Waals surface area contributed by atoms with Crippen LogP contribution in [0.25, 0.3) is 0 Å². The van der Waals surface area contributed by atoms with Crippen molar-refractivity contribution < 1.29 is 18.1 Å². The number of nitrogens with zero attached hydrogens (tertiary/aromatic N) is 2. The number of sulfonamides is 1. The van der Waals surface area contributed by atoms with Crippen LogP contribution in [0.3, 0.4) is 0 Å². The fourth-order valence-corrected chi connectivity index (χ4v) is 2.77. The molecule has 0 aliphatic carbocycles. The minimum atomic E-state index is -3.97. The van der Waals surface area contributed by atoms with Crippen LogP contribution in [0.4, 0.5) is 5.69 Å². The molecule has 1 rings (SSSR count). The third kappa shape index (κ3) is 4.76. The second-order valence-corrected chi connectivity index (χ2v) is 6.51. The smallest absolute Gasteiger partial charge is 0.270 e. The zero-order chi connectivity index (χ0) is 16.8. The molecule has 0 saturated heterocycles. The largest absolute Gasteiger partial charge is 0.354 e. The molecule has 0 aliphatic rings. The van der Waals surface area contributed by atoms with Crippen LogP contribution < -0.4 is 10.6 Å². The molecule has 0 spiro atoms. The van der Waals surface area contributed by atoms with E-state index in [2.05, 4.69) is 10.6 Å². The molecule has 1 aromatic carbocycles. The van der Waals surface area contributed by atoms with E-state index in [-0.39, 0.29) is 17.1 Å². The van der Waals surface area contributed by atoms with Crippen molar-refractivity contribution in [1.29, 1.82) is 0 Å². The maximum atomic E-state index is 12.3. The van der Waals surface area contributed by atoms with Crippen LogP contribution in [0, 0.1) is 10.1 Å². The van der Waals surface area contributed by atoms with E-state index in [0.29, 0.717) is 13.1 Å². The lowest BCUT2D eigenvalue weighted by atomic mass is 10.3. The molecule has 0 radical (unpaired) electrons. The monoisotopic (exact) mass is 330 g/mol. The van der Waals surface area contributed by atoms with Gasteiger partial charge in [-0.15, -0.1) is 0 Å². The lowest BCUT2D eigenvalue weighted by Crippen LogP contribution is -2.40. The van der Waals surface area contributed by atoms with Gasteiger partial charge in [-0.1, -0.05) is 6.07 Å². The fourth-order valence-electron chi connectivity index (χ4n) is 1.61. The SMILES string of the molecule is CNCCNC(=O)CN(C)S(=O)(=O)c1cccc([N+](=O)[O-])c1. The Bertz CT molecular complexity index is 647. The van der Waals surface area contributed by atoms with E-state index in [1.165, 1.54) is 25.2 Å². The first-order valence-electron chi connectivity index (χ1n) is 6.41. The molecule has 1 aromatic rings. The van der Waals surface area contributed by atoms with Gasteiger partial charge in [-0.05, 0) is 13.1 Å². The molecular weight excluding hydrogens is 312 g/mol. The van der Waals surface area contributed by atoms with E-state index < -0.39 is 20.9 Å². The highest BCUT2D eigenvalue weighted by atomic mass is 32.2. The molecule has 0 aliphatic heterocycles. The van der Waals surface area contributed by atoms with Gasteiger partial charge in [-0.25, -0.2) is 8.42 Å². The molecule has 10 heteroatoms. The highest BCUT2D eigenvalue weighted by Gasteiger charge is 2.24. The van der Waals surface area contributed by atoms with Crippen molar-refractivity contribution in [2.45, 2.75) is 4.90 Å². The lowest BCUT2D eigenvalue weighted by Gasteiger charge is -2.16. The highest BCUT2D eigenvalue weighted by molar-refractivity contribution is 7.89. The fraction of sp³-hybridized carbons (Fsp3) is 0.417. The number of hydrogen-bond acceptors (Lipinski definition) is 6. The van der Waals surface area contributed by atoms with Crippen LogP contribution in [0.15, 0.2) is 29.2 Å². The molecule has 122 valence electrons. The lowest BCUT2D eigenvalue weighted by molar-refractivity contribution is -0.385. The first kappa shape index (κ1) is 18.0. The second-order valence-electron chi connectivity index (χ2n) is 4.47. The number of non-ortho nitro benzene ring substituents is 1. The van der Waals surface area contributed by atoms with Crippen molar-refractivity contribution in [2.75, 3.05) is 33.7 Å². The Morgan fingerprint density at radius 2 is 2.05 bits per heavy atom. The van der Waals surface area contributed by atoms with E-state index in [1.807, 2.05) is 0 Å². The van der Waals surface area contributed by atoms with Crippen molar-refractivity contribution in [3.05, 3.63) is 34.4 Å². The summed E-state index contributed by atoms with van der Waals surface area (Å²) in [6.45, 7) is 0.571. The van der Waals surface area contributed by atoms with E-state index in [4.69, 9.17) is 0 Å². The molecule has 0 atom stereocenters. The molecular formula is C12H18N4O5S. The van der Waals surface area contributed by atoms with Crippen LogP contribution in [0.5, 0.6) is 0 Å². The number of nitro groups is 1. The van der Waals surface area contributed by atoms with Gasteiger partial charge in [0, 0.05) is 32.3 Å². The maximum Gasteiger partial charge on any atom is 0.270 e. The summed E-state index contributed by atoms with van der Waals surface area (Å²) in [5.74, 6) is -0.452. The summed E-state index contributed by atoms with van der Waals surface area (Å²) >= 11 is 0. The highest BCUT2D eigenvalue weighted by Crippen LogP contribution is 2.19. The second kappa shape index (κ2) is 7.82. The van der Waals surface area contributed by atoms with Crippen molar-refractivity contribution in [1.82, 2.24) is 14.9 Å². The Kier molecular flexibility index (Phi) is 6.40. The normalized spacial score (nSPS) is 11.4. The van der Waals surface area contributed by atoms with E-state index in [0.717, 1.165) is 10.4 Å². The predicted molar refractivity (Wildman–Crippen MR) is 79.8 cm³/mol. The molecule has 0 heterocycles. The van der Waals surface area contributed by atoms with E-state index >= 15 is 0 Å². The summed E-state index contributed by atoms with van der Waals surface area (Å²) in [5.41, 5.74) is -0.326. The van der Waals surface area contributed by atoms with Crippen LogP contribution in [0.1, 0.15) is 0 Å². The summed E-state index contributed by atoms with van der Waals surface area (Å²) in [7, 11) is -0.999. The van der Waals surface area contributed by atoms with Crippen LogP contribution in [0.2, 0.25) is 0 Å². The van der Waals surface area contributed by atoms with Crippen molar-refractivity contribution >= 4 is 21.6 Å². The average molecular weight is 330 g/mol. The van der Waals surface area contributed by atoms with Crippen LogP contribution in [-0.4, -0.2) is 57.3 Å². The number of carbonyl (C=O) groups excluding carboxylic acids is 1. The Balaban J connectivity index is 2.83. The minimum Gasteiger partial charge on any atom is -0.354 e. The Morgan fingerprint density at radius 1 is 1.36 bits per heavy atom. The average Bonchev–Trinajstić information content (AvgIpc) is 2.47. The Morgan fingerprint density at radius 3 is 2.64 bits per heavy atom. The van der Waals surface area contributed by atoms with Gasteiger partial charge in [0.25, 0.3) is 5.69 Å². The number of rotatable bonds is 8. The molecule has 0 saturated carbocycles. The minimum absolute atomic E-state index is 0.229. The Hall–Kier alpha value is -2.04. The number of nitrogens with one attached hydrogen (secondary N) is 2. The van der Waals surface area contributed by atoms with Crippen LogP contribution >= 0.6 is 0 Å². The van der Waals surface area contributed by atoms with E-state index in [1.54, 1.807) is 7.05 Å². The van der Waals surface area contributed by atoms with Crippen LogP contribution in [-0.2, 0) is 14.8 Å². The van der Waals surface area contributed by atoms with Gasteiger partial charge < -0.3 is 10.6 Å². The third-order valence-corrected chi connectivity index (χ3v) is 4.60. The molecule has 0 unspecified atom stereocenters. The van der Waals surface area contributed by atoms with Gasteiger partial charge in [-0.3, -0.25) is 14.9 Å². The van der Waals surface area contributed by atoms with Gasteiger partial charge in [0.15, 0.2) is 0 Å². The molecule has 2 N–H and O–H groups in total. The van der Waals surface area contributed by atoms with Gasteiger partial charge >= 0.3 is 0 Å². The van der Waals surface area contributed by atoms with Gasteiger partial charge in [0.2, 0.25) is 15.9 Å². The summed E-state index contributed by atoms with van der Waals surface area (Å²) in [5, 5.41) is 16.1. The molecule has 22 heavy (non-hydrogen) atoms. The van der Waals surface area contributed by atoms with Crippen molar-refractivity contribution in [2.24, 2.45) is 0 Å². The van der Waals surface area contributed by atoms with E-state index in [9.17, 15) is 23.3 Å². The summed E-state index contributed by atoms with van der Waals surface area (Å²) in [6, 6.07) is 4.69. The molecule has 0 aromatic heterocycles. The van der Waals surface area contributed by atoms with Gasteiger partial charge in [-0.2, -0.15) is 4.31 Å². The number of likely N-dealkylation sites (N-methyl/N-ethyl adjacent to an activating group) is 2. The summed E-state index contributed by atoms with van der Waals surface area (Å²) in [4.78, 5) is 21.4. The van der Waals surface area contributed by atoms with Crippen molar-refractivity contribution in [3.8, 4) is 0 Å². The number of amides is 1. The zero-order valence-electron chi connectivity index (χ0n) is 12.3. The number of nitro benzene ring substituents is 1. The number of benzene rings is 1. The first-order valence-corrected chi connectivity index (χ1v) is 7.85. The van der Waals surface area contributed by atoms with Crippen molar-refractivity contribution in [3.63, 3.8) is 0 Å². The van der Waals surface area contributed by atoms with Gasteiger partial charge in [0.1, 0.15) is 0 Å². The topological polar surface area (TPSA) is 122 Å². The quantitative estimate of drug-likeness (QED) is 0.378.